The van der Waals surface area contributed by atoms with Crippen LogP contribution in [0.3, 0.4) is 0 Å². The van der Waals surface area contributed by atoms with Crippen molar-refractivity contribution in [3.8, 4) is 5.75 Å². The second-order valence-corrected chi connectivity index (χ2v) is 8.61. The summed E-state index contributed by atoms with van der Waals surface area (Å²) < 4.78 is 37.0. The maximum atomic E-state index is 12.5. The number of amides is 1. The van der Waals surface area contributed by atoms with Crippen LogP contribution in [0, 0.1) is 5.92 Å². The van der Waals surface area contributed by atoms with Gasteiger partial charge in [0.15, 0.2) is 12.4 Å². The van der Waals surface area contributed by atoms with Crippen molar-refractivity contribution in [2.45, 2.75) is 31.7 Å². The minimum absolute atomic E-state index is 0.0175. The van der Waals surface area contributed by atoms with Gasteiger partial charge in [-0.25, -0.2) is 8.42 Å². The van der Waals surface area contributed by atoms with E-state index in [-0.39, 0.29) is 23.2 Å². The molecule has 1 heterocycles. The number of carbonyl (C=O) groups is 2. The molecule has 9 heteroatoms. The molecule has 0 bridgehead atoms. The second kappa shape index (κ2) is 9.29. The van der Waals surface area contributed by atoms with E-state index in [2.05, 4.69) is 5.32 Å². The van der Waals surface area contributed by atoms with Crippen molar-refractivity contribution in [2.75, 3.05) is 32.9 Å². The fourth-order valence-electron chi connectivity index (χ4n) is 2.75. The molecular weight excluding hydrogens is 372 g/mol. The Kier molecular flexibility index (Phi) is 7.34. The predicted molar refractivity (Wildman–Crippen MR) is 99.0 cm³/mol. The van der Waals surface area contributed by atoms with E-state index >= 15 is 0 Å². The van der Waals surface area contributed by atoms with Gasteiger partial charge in [-0.1, -0.05) is 13.8 Å². The number of morpholine rings is 1. The Morgan fingerprint density at radius 3 is 2.30 bits per heavy atom. The summed E-state index contributed by atoms with van der Waals surface area (Å²) in [5.41, 5.74) is 0. The van der Waals surface area contributed by atoms with Crippen LogP contribution in [-0.2, 0) is 24.3 Å². The quantitative estimate of drug-likeness (QED) is 0.695. The third kappa shape index (κ3) is 5.75. The van der Waals surface area contributed by atoms with E-state index in [1.54, 1.807) is 0 Å². The van der Waals surface area contributed by atoms with Crippen LogP contribution in [0.2, 0.25) is 0 Å². The van der Waals surface area contributed by atoms with Crippen LogP contribution >= 0.6 is 0 Å². The SMILES string of the molecule is CC(=O)C(NC(=O)COc1ccc(S(=O)(=O)N2CCOCC2)cc1)C(C)C. The van der Waals surface area contributed by atoms with Gasteiger partial charge in [0.05, 0.1) is 24.2 Å². The summed E-state index contributed by atoms with van der Waals surface area (Å²) >= 11 is 0. The minimum Gasteiger partial charge on any atom is -0.484 e. The van der Waals surface area contributed by atoms with Gasteiger partial charge in [0.1, 0.15) is 5.75 Å². The van der Waals surface area contributed by atoms with Gasteiger partial charge in [-0.2, -0.15) is 4.31 Å². The molecular formula is C18H26N2O6S. The number of nitrogens with one attached hydrogen (secondary N) is 1. The third-order valence-electron chi connectivity index (χ3n) is 4.22. The van der Waals surface area contributed by atoms with Crippen LogP contribution in [-0.4, -0.2) is 63.4 Å². The van der Waals surface area contributed by atoms with Crippen LogP contribution in [0.15, 0.2) is 29.2 Å². The first-order chi connectivity index (χ1) is 12.7. The molecule has 1 aromatic carbocycles. The summed E-state index contributed by atoms with van der Waals surface area (Å²) in [5.74, 6) is -0.170. The average molecular weight is 398 g/mol. The molecule has 1 unspecified atom stereocenters. The minimum atomic E-state index is -3.56. The lowest BCUT2D eigenvalue weighted by Crippen LogP contribution is -2.45. The molecule has 2 rings (SSSR count). The van der Waals surface area contributed by atoms with Crippen LogP contribution in [0.1, 0.15) is 20.8 Å². The molecule has 0 saturated carbocycles. The predicted octanol–water partition coefficient (Wildman–Crippen LogP) is 0.816. The van der Waals surface area contributed by atoms with E-state index in [1.165, 1.54) is 35.5 Å². The first kappa shape index (κ1) is 21.3. The van der Waals surface area contributed by atoms with Crippen molar-refractivity contribution < 1.29 is 27.5 Å². The van der Waals surface area contributed by atoms with Crippen molar-refractivity contribution in [3.05, 3.63) is 24.3 Å². The van der Waals surface area contributed by atoms with Gasteiger partial charge in [0, 0.05) is 13.1 Å². The smallest absolute Gasteiger partial charge is 0.258 e. The number of ketones is 1. The normalized spacial score (nSPS) is 16.7. The number of sulfonamides is 1. The summed E-state index contributed by atoms with van der Waals surface area (Å²) in [6, 6.07) is 5.36. The zero-order valence-electron chi connectivity index (χ0n) is 15.8. The number of Topliss-reactive ketones (excluding diaryl/α,β-unsaturated/α-hetero) is 1. The number of carbonyl (C=O) groups excluding carboxylic acids is 2. The molecule has 1 N–H and O–H groups in total. The number of hydrogen-bond acceptors (Lipinski definition) is 6. The standard InChI is InChI=1S/C18H26N2O6S/c1-13(2)18(14(3)21)19-17(22)12-26-15-4-6-16(7-5-15)27(23,24)20-8-10-25-11-9-20/h4-7,13,18H,8-12H2,1-3H3,(H,19,22). The highest BCUT2D eigenvalue weighted by Crippen LogP contribution is 2.20. The Bertz CT molecular complexity index is 755. The second-order valence-electron chi connectivity index (χ2n) is 6.68. The molecule has 1 atom stereocenters. The maximum Gasteiger partial charge on any atom is 0.258 e. The zero-order chi connectivity index (χ0) is 20.0. The Morgan fingerprint density at radius 2 is 1.78 bits per heavy atom. The molecule has 1 aliphatic heterocycles. The van der Waals surface area contributed by atoms with E-state index < -0.39 is 22.0 Å². The third-order valence-corrected chi connectivity index (χ3v) is 6.14. The summed E-state index contributed by atoms with van der Waals surface area (Å²) in [5, 5.41) is 2.64. The Labute approximate surface area is 159 Å². The van der Waals surface area contributed by atoms with E-state index in [1.807, 2.05) is 13.8 Å². The molecule has 0 radical (unpaired) electrons. The fourth-order valence-corrected chi connectivity index (χ4v) is 4.15. The van der Waals surface area contributed by atoms with Crippen molar-refractivity contribution in [1.82, 2.24) is 9.62 Å². The average Bonchev–Trinajstić information content (AvgIpc) is 2.65. The van der Waals surface area contributed by atoms with E-state index in [4.69, 9.17) is 9.47 Å². The van der Waals surface area contributed by atoms with E-state index in [9.17, 15) is 18.0 Å². The first-order valence-electron chi connectivity index (χ1n) is 8.82. The lowest BCUT2D eigenvalue weighted by Gasteiger charge is -2.26. The molecule has 27 heavy (non-hydrogen) atoms. The fraction of sp³-hybridized carbons (Fsp3) is 0.556. The van der Waals surface area contributed by atoms with Gasteiger partial charge >= 0.3 is 0 Å². The van der Waals surface area contributed by atoms with Crippen LogP contribution in [0.5, 0.6) is 5.75 Å². The lowest BCUT2D eigenvalue weighted by atomic mass is 10.0. The Hall–Kier alpha value is -1.97. The van der Waals surface area contributed by atoms with Gasteiger partial charge in [-0.05, 0) is 37.1 Å². The zero-order valence-corrected chi connectivity index (χ0v) is 16.6. The van der Waals surface area contributed by atoms with Crippen molar-refractivity contribution in [3.63, 3.8) is 0 Å². The number of hydrogen-bond donors (Lipinski definition) is 1. The Balaban J connectivity index is 1.93. The molecule has 1 aliphatic rings. The highest BCUT2D eigenvalue weighted by Gasteiger charge is 2.26. The number of rotatable bonds is 8. The number of nitrogens with zero attached hydrogens (tertiary/aromatic N) is 1. The van der Waals surface area contributed by atoms with Crippen LogP contribution in [0.4, 0.5) is 0 Å². The molecule has 0 aliphatic carbocycles. The molecule has 1 amide bonds. The maximum absolute atomic E-state index is 12.5. The summed E-state index contributed by atoms with van der Waals surface area (Å²) in [7, 11) is -3.56. The van der Waals surface area contributed by atoms with Gasteiger partial charge in [-0.3, -0.25) is 9.59 Å². The van der Waals surface area contributed by atoms with Gasteiger partial charge in [0.25, 0.3) is 5.91 Å². The Morgan fingerprint density at radius 1 is 1.19 bits per heavy atom. The topological polar surface area (TPSA) is 102 Å². The highest BCUT2D eigenvalue weighted by atomic mass is 32.2. The first-order valence-corrected chi connectivity index (χ1v) is 10.3. The van der Waals surface area contributed by atoms with Crippen molar-refractivity contribution in [1.29, 1.82) is 0 Å². The molecule has 150 valence electrons. The summed E-state index contributed by atoms with van der Waals surface area (Å²) in [4.78, 5) is 23.7. The molecule has 8 nitrogen and oxygen atoms in total. The summed E-state index contributed by atoms with van der Waals surface area (Å²) in [6.07, 6.45) is 0. The summed E-state index contributed by atoms with van der Waals surface area (Å²) in [6.45, 7) is 6.29. The number of benzene rings is 1. The van der Waals surface area contributed by atoms with Crippen molar-refractivity contribution in [2.24, 2.45) is 5.92 Å². The van der Waals surface area contributed by atoms with Crippen LogP contribution in [0.25, 0.3) is 0 Å². The van der Waals surface area contributed by atoms with E-state index in [0.29, 0.717) is 32.1 Å². The largest absolute Gasteiger partial charge is 0.484 e. The molecule has 1 saturated heterocycles. The molecule has 1 aromatic rings. The molecule has 0 spiro atoms. The van der Waals surface area contributed by atoms with Crippen LogP contribution < -0.4 is 10.1 Å². The highest BCUT2D eigenvalue weighted by molar-refractivity contribution is 7.89. The monoisotopic (exact) mass is 398 g/mol. The van der Waals surface area contributed by atoms with Gasteiger partial charge < -0.3 is 14.8 Å². The number of ether oxygens (including phenoxy) is 2. The van der Waals surface area contributed by atoms with Gasteiger partial charge in [-0.15, -0.1) is 0 Å². The van der Waals surface area contributed by atoms with Crippen molar-refractivity contribution >= 4 is 21.7 Å². The molecule has 1 fully saturated rings. The molecule has 0 aromatic heterocycles. The van der Waals surface area contributed by atoms with Gasteiger partial charge in [0.2, 0.25) is 10.0 Å². The van der Waals surface area contributed by atoms with E-state index in [0.717, 1.165) is 0 Å². The lowest BCUT2D eigenvalue weighted by molar-refractivity contribution is -0.129.